The van der Waals surface area contributed by atoms with Crippen LogP contribution in [0.5, 0.6) is 0 Å². The Morgan fingerprint density at radius 3 is 1.47 bits per heavy atom. The summed E-state index contributed by atoms with van der Waals surface area (Å²) in [6, 6.07) is -1.54. The van der Waals surface area contributed by atoms with Gasteiger partial charge in [-0.1, -0.05) is 186 Å². The summed E-state index contributed by atoms with van der Waals surface area (Å²) < 4.78 is 26.8. The van der Waals surface area contributed by atoms with Gasteiger partial charge in [0.05, 0.1) is 13.2 Å². The van der Waals surface area contributed by atoms with Crippen molar-refractivity contribution < 1.29 is 47.8 Å². The van der Waals surface area contributed by atoms with E-state index in [2.05, 4.69) is 43.5 Å². The second-order valence-electron chi connectivity index (χ2n) is 15.6. The van der Waals surface area contributed by atoms with Crippen molar-refractivity contribution in [1.82, 2.24) is 5.32 Å². The maximum absolute atomic E-state index is 12.3. The first kappa shape index (κ1) is 55.0. The molecule has 57 heavy (non-hydrogen) atoms. The number of allylic oxidation sites excluding steroid dienone is 4. The predicted molar refractivity (Wildman–Crippen MR) is 231 cm³/mol. The van der Waals surface area contributed by atoms with Crippen LogP contribution in [0.3, 0.4) is 0 Å². The van der Waals surface area contributed by atoms with E-state index in [-0.39, 0.29) is 12.8 Å². The fraction of sp³-hybridized carbons (Fsp3) is 0.844. The highest BCUT2D eigenvalue weighted by Crippen LogP contribution is 2.43. The van der Waals surface area contributed by atoms with Crippen molar-refractivity contribution in [2.45, 2.75) is 225 Å². The van der Waals surface area contributed by atoms with E-state index in [4.69, 9.17) is 13.8 Å². The Hall–Kier alpha value is -2.04. The number of phosphoric ester groups is 1. The number of aliphatic hydroxyl groups is 1. The zero-order chi connectivity index (χ0) is 42.1. The number of aliphatic hydroxyl groups excluding tert-OH is 1. The van der Waals surface area contributed by atoms with Gasteiger partial charge in [-0.2, -0.15) is 0 Å². The quantitative estimate of drug-likeness (QED) is 0.0201. The molecule has 0 aromatic carbocycles. The molecule has 0 spiro atoms. The number of amides is 1. The molecule has 0 aliphatic heterocycles. The molecular formula is C45H84NO10P. The van der Waals surface area contributed by atoms with Gasteiger partial charge in [-0.05, 0) is 38.5 Å². The van der Waals surface area contributed by atoms with E-state index in [9.17, 15) is 34.1 Å². The summed E-state index contributed by atoms with van der Waals surface area (Å²) in [7, 11) is -4.76. The van der Waals surface area contributed by atoms with Crippen molar-refractivity contribution in [2.24, 2.45) is 0 Å². The third kappa shape index (κ3) is 40.5. The molecule has 3 atom stereocenters. The van der Waals surface area contributed by atoms with Crippen LogP contribution in [0.4, 0.5) is 0 Å². The first-order valence-electron chi connectivity index (χ1n) is 22.9. The number of aliphatic carboxylic acids is 1. The highest BCUT2D eigenvalue weighted by molar-refractivity contribution is 7.47. The van der Waals surface area contributed by atoms with Crippen LogP contribution in [-0.2, 0) is 32.7 Å². The number of rotatable bonds is 43. The third-order valence-electron chi connectivity index (χ3n) is 9.99. The molecule has 0 bridgehead atoms. The number of carboxylic acids is 1. The average Bonchev–Trinajstić information content (AvgIpc) is 3.18. The standard InChI is InChI=1S/C45H84NO10P/c1-3-5-7-9-11-13-15-17-19-20-21-22-23-24-26-28-30-32-34-36-43(48)46-42(45(50)51)40-56-57(52,53)55-39-41(47)38-54-44(49)37-35-33-31-29-27-25-18-16-14-12-10-8-6-4-2/h10,12,16,18,41-42,47H,3-9,11,13-15,17,19-40H2,1-2H3,(H,46,48)(H,50,51)(H,52,53)/b12-10-,18-16-. The second-order valence-corrected chi connectivity index (χ2v) is 17.0. The van der Waals surface area contributed by atoms with Gasteiger partial charge in [0.2, 0.25) is 5.91 Å². The van der Waals surface area contributed by atoms with E-state index >= 15 is 0 Å². The number of nitrogens with one attached hydrogen (secondary N) is 1. The maximum atomic E-state index is 12.3. The van der Waals surface area contributed by atoms with E-state index < -0.39 is 57.6 Å². The molecule has 0 aromatic heterocycles. The van der Waals surface area contributed by atoms with Crippen LogP contribution in [0.25, 0.3) is 0 Å². The van der Waals surface area contributed by atoms with E-state index in [0.717, 1.165) is 64.2 Å². The third-order valence-corrected chi connectivity index (χ3v) is 10.9. The highest BCUT2D eigenvalue weighted by atomic mass is 31.2. The molecule has 12 heteroatoms. The molecule has 0 aromatic rings. The monoisotopic (exact) mass is 830 g/mol. The molecule has 0 fully saturated rings. The summed E-state index contributed by atoms with van der Waals surface area (Å²) in [5.41, 5.74) is 0. The number of unbranched alkanes of at least 4 members (excludes halogenated alkanes) is 25. The SMILES string of the molecule is CCCC/C=C\C/C=C\CCCCCCCC(=O)OCC(O)COP(=O)(O)OCC(NC(=O)CCCCCCCCCCCCCCCCCCCCC)C(=O)O. The molecule has 334 valence electrons. The summed E-state index contributed by atoms with van der Waals surface area (Å²) in [5.74, 6) is -2.38. The number of hydrogen-bond donors (Lipinski definition) is 4. The van der Waals surface area contributed by atoms with Gasteiger partial charge in [0.15, 0.2) is 6.04 Å². The summed E-state index contributed by atoms with van der Waals surface area (Å²) in [5, 5.41) is 21.8. The molecule has 0 saturated heterocycles. The van der Waals surface area contributed by atoms with Crippen molar-refractivity contribution in [2.75, 3.05) is 19.8 Å². The number of esters is 1. The molecule has 3 unspecified atom stereocenters. The number of phosphoric acid groups is 1. The Balaban J connectivity index is 3.87. The van der Waals surface area contributed by atoms with Crippen LogP contribution in [0.1, 0.15) is 213 Å². The van der Waals surface area contributed by atoms with Gasteiger partial charge in [-0.25, -0.2) is 9.36 Å². The zero-order valence-electron chi connectivity index (χ0n) is 36.2. The van der Waals surface area contributed by atoms with Crippen LogP contribution < -0.4 is 5.32 Å². The lowest BCUT2D eigenvalue weighted by Crippen LogP contribution is -2.43. The minimum absolute atomic E-state index is 0.149. The number of ether oxygens (including phenoxy) is 1. The minimum atomic E-state index is -4.76. The second kappa shape index (κ2) is 40.7. The number of carbonyl (C=O) groups is 3. The molecule has 1 amide bonds. The van der Waals surface area contributed by atoms with Crippen molar-refractivity contribution >= 4 is 25.7 Å². The molecule has 11 nitrogen and oxygen atoms in total. The van der Waals surface area contributed by atoms with Crippen LogP contribution in [0.15, 0.2) is 24.3 Å². The Kier molecular flexibility index (Phi) is 39.3. The Labute approximate surface area is 347 Å². The fourth-order valence-electron chi connectivity index (χ4n) is 6.39. The molecule has 0 rings (SSSR count). The lowest BCUT2D eigenvalue weighted by atomic mass is 10.0. The topological polar surface area (TPSA) is 169 Å². The van der Waals surface area contributed by atoms with Gasteiger partial charge in [0.25, 0.3) is 0 Å². The molecule has 0 aliphatic carbocycles. The number of carboxylic acid groups (broad SMARTS) is 1. The first-order chi connectivity index (χ1) is 27.6. The van der Waals surface area contributed by atoms with E-state index in [0.29, 0.717) is 12.8 Å². The summed E-state index contributed by atoms with van der Waals surface area (Å²) >= 11 is 0. The minimum Gasteiger partial charge on any atom is -0.480 e. The number of carbonyl (C=O) groups excluding carboxylic acids is 2. The normalized spacial score (nSPS) is 13.9. The zero-order valence-corrected chi connectivity index (χ0v) is 37.0. The van der Waals surface area contributed by atoms with Crippen molar-refractivity contribution in [1.29, 1.82) is 0 Å². The molecule has 0 aliphatic rings. The average molecular weight is 830 g/mol. The molecule has 0 saturated carbocycles. The van der Waals surface area contributed by atoms with Gasteiger partial charge < -0.3 is 25.2 Å². The Bertz CT molecular complexity index is 1070. The lowest BCUT2D eigenvalue weighted by molar-refractivity contribution is -0.147. The number of hydrogen-bond acceptors (Lipinski definition) is 8. The van der Waals surface area contributed by atoms with E-state index in [1.54, 1.807) is 0 Å². The largest absolute Gasteiger partial charge is 0.480 e. The molecule has 4 N–H and O–H groups in total. The molecule has 0 heterocycles. The molecular weight excluding hydrogens is 745 g/mol. The smallest absolute Gasteiger partial charge is 0.472 e. The van der Waals surface area contributed by atoms with Crippen LogP contribution in [-0.4, -0.2) is 64.9 Å². The van der Waals surface area contributed by atoms with Gasteiger partial charge in [-0.3, -0.25) is 18.6 Å². The van der Waals surface area contributed by atoms with Gasteiger partial charge >= 0.3 is 19.8 Å². The highest BCUT2D eigenvalue weighted by Gasteiger charge is 2.28. The van der Waals surface area contributed by atoms with E-state index in [1.807, 2.05) is 0 Å². The van der Waals surface area contributed by atoms with Gasteiger partial charge in [-0.15, -0.1) is 0 Å². The maximum Gasteiger partial charge on any atom is 0.472 e. The van der Waals surface area contributed by atoms with Crippen molar-refractivity contribution in [3.63, 3.8) is 0 Å². The van der Waals surface area contributed by atoms with Gasteiger partial charge in [0, 0.05) is 12.8 Å². The van der Waals surface area contributed by atoms with Gasteiger partial charge in [0.1, 0.15) is 12.7 Å². The van der Waals surface area contributed by atoms with Crippen LogP contribution >= 0.6 is 7.82 Å². The van der Waals surface area contributed by atoms with Crippen molar-refractivity contribution in [3.05, 3.63) is 24.3 Å². The Morgan fingerprint density at radius 2 is 0.982 bits per heavy atom. The van der Waals surface area contributed by atoms with Crippen LogP contribution in [0.2, 0.25) is 0 Å². The lowest BCUT2D eigenvalue weighted by Gasteiger charge is -2.18. The van der Waals surface area contributed by atoms with Crippen LogP contribution in [0, 0.1) is 0 Å². The summed E-state index contributed by atoms with van der Waals surface area (Å²) in [4.78, 5) is 45.9. The van der Waals surface area contributed by atoms with Crippen molar-refractivity contribution in [3.8, 4) is 0 Å². The first-order valence-corrected chi connectivity index (χ1v) is 24.4. The predicted octanol–water partition coefficient (Wildman–Crippen LogP) is 11.8. The Morgan fingerprint density at radius 1 is 0.561 bits per heavy atom. The fourth-order valence-corrected chi connectivity index (χ4v) is 7.16. The van der Waals surface area contributed by atoms with E-state index in [1.165, 1.54) is 109 Å². The summed E-state index contributed by atoms with van der Waals surface area (Å²) in [6.07, 6.45) is 42.0. The summed E-state index contributed by atoms with van der Waals surface area (Å²) in [6.45, 7) is 2.56. The molecule has 0 radical (unpaired) electrons.